The summed E-state index contributed by atoms with van der Waals surface area (Å²) in [6.45, 7) is 7.38. The lowest BCUT2D eigenvalue weighted by Gasteiger charge is -2.37. The summed E-state index contributed by atoms with van der Waals surface area (Å²) in [6, 6.07) is 9.69. The zero-order valence-corrected chi connectivity index (χ0v) is 21.4. The van der Waals surface area contributed by atoms with E-state index in [0.717, 1.165) is 70.1 Å². The molecule has 3 rings (SSSR count). The summed E-state index contributed by atoms with van der Waals surface area (Å²) in [4.78, 5) is 34.8. The van der Waals surface area contributed by atoms with E-state index in [-0.39, 0.29) is 17.9 Å². The molecule has 4 N–H and O–H groups in total. The highest BCUT2D eigenvalue weighted by Gasteiger charge is 2.46. The fraction of sp³-hybridized carbons (Fsp3) is 0.536. The summed E-state index contributed by atoms with van der Waals surface area (Å²) < 4.78 is 0. The van der Waals surface area contributed by atoms with E-state index in [1.54, 1.807) is 0 Å². The van der Waals surface area contributed by atoms with Crippen LogP contribution in [0.5, 0.6) is 0 Å². The Balaban J connectivity index is 0.000000493. The van der Waals surface area contributed by atoms with Gasteiger partial charge in [-0.15, -0.1) is 0 Å². The van der Waals surface area contributed by atoms with Crippen molar-refractivity contribution in [2.24, 2.45) is 5.92 Å². The van der Waals surface area contributed by atoms with E-state index in [2.05, 4.69) is 30.1 Å². The average molecular weight is 501 g/mol. The van der Waals surface area contributed by atoms with Gasteiger partial charge in [0.2, 0.25) is 0 Å². The lowest BCUT2D eigenvalue weighted by molar-refractivity contribution is -0.148. The molecule has 1 saturated heterocycles. The summed E-state index contributed by atoms with van der Waals surface area (Å²) in [6.07, 6.45) is 10.4. The second kappa shape index (κ2) is 14.6. The van der Waals surface area contributed by atoms with Gasteiger partial charge >= 0.3 is 11.9 Å². The SMILES string of the molecule is CC(C)=CCCN1CCC(NC(=O)[C@](O)(c2ccccc2)C2CCCC2)CC1.O=C(O)C=CC(=O)O. The normalized spacial score (nSPS) is 18.6. The topological polar surface area (TPSA) is 127 Å². The number of carboxylic acid groups (broad SMARTS) is 2. The molecule has 8 nitrogen and oxygen atoms in total. The van der Waals surface area contributed by atoms with Gasteiger partial charge in [-0.1, -0.05) is 54.8 Å². The monoisotopic (exact) mass is 500 g/mol. The molecule has 0 bridgehead atoms. The van der Waals surface area contributed by atoms with Crippen LogP contribution in [-0.4, -0.2) is 63.7 Å². The van der Waals surface area contributed by atoms with Gasteiger partial charge in [0.15, 0.2) is 5.60 Å². The molecule has 8 heteroatoms. The van der Waals surface area contributed by atoms with Crippen LogP contribution in [0.3, 0.4) is 0 Å². The molecule has 1 atom stereocenters. The number of aliphatic hydroxyl groups is 1. The van der Waals surface area contributed by atoms with Crippen LogP contribution in [0.25, 0.3) is 0 Å². The first kappa shape index (κ1) is 29.3. The lowest BCUT2D eigenvalue weighted by atomic mass is 9.79. The molecule has 1 aliphatic carbocycles. The van der Waals surface area contributed by atoms with Gasteiger partial charge in [0.25, 0.3) is 5.91 Å². The van der Waals surface area contributed by atoms with Crippen LogP contribution in [-0.2, 0) is 20.0 Å². The molecule has 0 unspecified atom stereocenters. The van der Waals surface area contributed by atoms with Crippen LogP contribution in [0.2, 0.25) is 0 Å². The van der Waals surface area contributed by atoms with Gasteiger partial charge in [-0.2, -0.15) is 0 Å². The lowest BCUT2D eigenvalue weighted by Crippen LogP contribution is -2.54. The predicted octanol–water partition coefficient (Wildman–Crippen LogP) is 3.71. The van der Waals surface area contributed by atoms with Crippen LogP contribution >= 0.6 is 0 Å². The molecule has 1 aromatic carbocycles. The van der Waals surface area contributed by atoms with E-state index in [1.165, 1.54) is 5.57 Å². The summed E-state index contributed by atoms with van der Waals surface area (Å²) >= 11 is 0. The standard InChI is InChI=1S/C24H36N2O2.C4H4O4/c1-19(2)9-8-16-26-17-14-22(15-18-26)25-23(27)24(28,21-12-6-7-13-21)20-10-4-3-5-11-20;5-3(6)1-2-4(7)8/h3-5,9-11,21-22,28H,6-8,12-18H2,1-2H3,(H,25,27);1-2H,(H,5,6)(H,7,8)/t24-;/m0./s1. The number of hydrogen-bond acceptors (Lipinski definition) is 5. The first-order chi connectivity index (χ1) is 17.1. The fourth-order valence-electron chi connectivity index (χ4n) is 4.86. The first-order valence-corrected chi connectivity index (χ1v) is 12.7. The van der Waals surface area contributed by atoms with Crippen LogP contribution in [0, 0.1) is 5.92 Å². The number of carbonyl (C=O) groups is 3. The first-order valence-electron chi connectivity index (χ1n) is 12.7. The molecule has 2 fully saturated rings. The van der Waals surface area contributed by atoms with Gasteiger partial charge in [-0.3, -0.25) is 4.79 Å². The van der Waals surface area contributed by atoms with Gasteiger partial charge in [-0.05, 0) is 51.5 Å². The molecule has 1 aliphatic heterocycles. The zero-order valence-electron chi connectivity index (χ0n) is 21.4. The highest BCUT2D eigenvalue weighted by molar-refractivity contribution is 5.89. The van der Waals surface area contributed by atoms with E-state index >= 15 is 0 Å². The van der Waals surface area contributed by atoms with Crippen molar-refractivity contribution in [2.75, 3.05) is 19.6 Å². The van der Waals surface area contributed by atoms with Gasteiger partial charge in [0.1, 0.15) is 0 Å². The molecule has 1 heterocycles. The van der Waals surface area contributed by atoms with Gasteiger partial charge in [0.05, 0.1) is 0 Å². The number of likely N-dealkylation sites (tertiary alicyclic amines) is 1. The minimum absolute atomic E-state index is 0.0130. The van der Waals surface area contributed by atoms with Crippen LogP contribution in [0.1, 0.15) is 64.4 Å². The number of carbonyl (C=O) groups excluding carboxylic acids is 1. The highest BCUT2D eigenvalue weighted by atomic mass is 16.4. The van der Waals surface area contributed by atoms with Crippen LogP contribution in [0.15, 0.2) is 54.1 Å². The number of aliphatic carboxylic acids is 2. The van der Waals surface area contributed by atoms with Gasteiger partial charge in [-0.25, -0.2) is 9.59 Å². The molecule has 1 saturated carbocycles. The maximum Gasteiger partial charge on any atom is 0.328 e. The highest BCUT2D eigenvalue weighted by Crippen LogP contribution is 2.41. The third-order valence-corrected chi connectivity index (χ3v) is 6.80. The van der Waals surface area contributed by atoms with Crippen molar-refractivity contribution in [3.8, 4) is 0 Å². The number of hydrogen-bond donors (Lipinski definition) is 4. The smallest absolute Gasteiger partial charge is 0.328 e. The Bertz CT molecular complexity index is 895. The molecule has 198 valence electrons. The largest absolute Gasteiger partial charge is 0.478 e. The third-order valence-electron chi connectivity index (χ3n) is 6.80. The second-order valence-electron chi connectivity index (χ2n) is 9.78. The van der Waals surface area contributed by atoms with Crippen LogP contribution in [0.4, 0.5) is 0 Å². The van der Waals surface area contributed by atoms with E-state index < -0.39 is 17.5 Å². The van der Waals surface area contributed by atoms with Crippen molar-refractivity contribution < 1.29 is 29.7 Å². The van der Waals surface area contributed by atoms with E-state index in [4.69, 9.17) is 10.2 Å². The zero-order chi connectivity index (χ0) is 26.6. The van der Waals surface area contributed by atoms with Crippen molar-refractivity contribution >= 4 is 17.8 Å². The predicted molar refractivity (Wildman–Crippen MR) is 138 cm³/mol. The second-order valence-corrected chi connectivity index (χ2v) is 9.78. The van der Waals surface area contributed by atoms with E-state index in [9.17, 15) is 19.5 Å². The maximum absolute atomic E-state index is 13.3. The Morgan fingerprint density at radius 1 is 0.972 bits per heavy atom. The number of carboxylic acids is 2. The number of allylic oxidation sites excluding steroid dienone is 1. The summed E-state index contributed by atoms with van der Waals surface area (Å²) in [5.74, 6) is -2.70. The summed E-state index contributed by atoms with van der Waals surface area (Å²) in [5, 5.41) is 30.4. The van der Waals surface area contributed by atoms with E-state index in [0.29, 0.717) is 12.2 Å². The minimum Gasteiger partial charge on any atom is -0.478 e. The minimum atomic E-state index is -1.40. The van der Waals surface area contributed by atoms with Crippen molar-refractivity contribution in [2.45, 2.75) is 70.4 Å². The van der Waals surface area contributed by atoms with Crippen molar-refractivity contribution in [3.63, 3.8) is 0 Å². The molecule has 2 aliphatic rings. The fourth-order valence-corrected chi connectivity index (χ4v) is 4.86. The van der Waals surface area contributed by atoms with Crippen molar-refractivity contribution in [1.82, 2.24) is 10.2 Å². The molecule has 0 radical (unpaired) electrons. The molecule has 0 aromatic heterocycles. The third kappa shape index (κ3) is 9.24. The quantitative estimate of drug-likeness (QED) is 0.301. The number of benzene rings is 1. The summed E-state index contributed by atoms with van der Waals surface area (Å²) in [5.41, 5.74) is 0.700. The Morgan fingerprint density at radius 2 is 1.53 bits per heavy atom. The number of nitrogens with zero attached hydrogens (tertiary/aromatic N) is 1. The van der Waals surface area contributed by atoms with Gasteiger partial charge in [0, 0.05) is 43.7 Å². The Hall–Kier alpha value is -2.97. The number of piperidine rings is 1. The average Bonchev–Trinajstić information content (AvgIpc) is 3.40. The van der Waals surface area contributed by atoms with Crippen molar-refractivity contribution in [3.05, 3.63) is 59.7 Å². The molecular formula is C28H40N2O6. The number of rotatable bonds is 9. The molecule has 1 amide bonds. The Morgan fingerprint density at radius 3 is 2.03 bits per heavy atom. The maximum atomic E-state index is 13.3. The molecule has 1 aromatic rings. The Kier molecular flexibility index (Phi) is 11.8. The summed E-state index contributed by atoms with van der Waals surface area (Å²) in [7, 11) is 0. The number of amides is 1. The van der Waals surface area contributed by atoms with Crippen LogP contribution < -0.4 is 5.32 Å². The van der Waals surface area contributed by atoms with Crippen molar-refractivity contribution in [1.29, 1.82) is 0 Å². The molecular weight excluding hydrogens is 460 g/mol. The Labute approximate surface area is 213 Å². The van der Waals surface area contributed by atoms with E-state index in [1.807, 2.05) is 30.3 Å². The van der Waals surface area contributed by atoms with Gasteiger partial charge < -0.3 is 25.5 Å². The number of nitrogens with one attached hydrogen (secondary N) is 1. The molecule has 0 spiro atoms. The molecule has 36 heavy (non-hydrogen) atoms.